The molecule has 0 aliphatic heterocycles. The highest BCUT2D eigenvalue weighted by atomic mass is 16.5. The summed E-state index contributed by atoms with van der Waals surface area (Å²) in [4.78, 5) is 0. The fourth-order valence-corrected chi connectivity index (χ4v) is 1.50. The second kappa shape index (κ2) is 7.38. The predicted molar refractivity (Wildman–Crippen MR) is 63.7 cm³/mol. The smallest absolute Gasteiger partial charge is 0.0724 e. The van der Waals surface area contributed by atoms with Gasteiger partial charge in [0.25, 0.3) is 0 Å². The maximum Gasteiger partial charge on any atom is 0.0724 e. The van der Waals surface area contributed by atoms with Crippen LogP contribution in [0.1, 0.15) is 38.3 Å². The molecule has 92 valence electrons. The van der Waals surface area contributed by atoms with Crippen molar-refractivity contribution in [3.8, 4) is 0 Å². The molecule has 1 atom stereocenters. The first-order chi connectivity index (χ1) is 7.81. The standard InChI is InChI=1S/C11H22N4O/c1-3-5-15-8-10(7-13-15)11(14-12)9-16-6-4-2/h7-8,11,14H,3-6,9,12H2,1-2H3. The third-order valence-corrected chi connectivity index (χ3v) is 2.34. The quantitative estimate of drug-likeness (QED) is 0.397. The topological polar surface area (TPSA) is 65.1 Å². The zero-order valence-electron chi connectivity index (χ0n) is 10.1. The number of hydrazine groups is 1. The van der Waals surface area contributed by atoms with E-state index in [4.69, 9.17) is 10.6 Å². The van der Waals surface area contributed by atoms with Crippen molar-refractivity contribution >= 4 is 0 Å². The molecule has 0 fully saturated rings. The fraction of sp³-hybridized carbons (Fsp3) is 0.727. The van der Waals surface area contributed by atoms with Gasteiger partial charge in [0.1, 0.15) is 0 Å². The number of nitrogens with two attached hydrogens (primary N) is 1. The van der Waals surface area contributed by atoms with Gasteiger partial charge in [-0.1, -0.05) is 13.8 Å². The highest BCUT2D eigenvalue weighted by Crippen LogP contribution is 2.11. The number of aryl methyl sites for hydroxylation is 1. The molecular weight excluding hydrogens is 204 g/mol. The number of nitrogens with zero attached hydrogens (tertiary/aromatic N) is 2. The molecule has 0 amide bonds. The molecule has 0 saturated heterocycles. The number of nitrogens with one attached hydrogen (secondary N) is 1. The van der Waals surface area contributed by atoms with Gasteiger partial charge in [-0.25, -0.2) is 0 Å². The summed E-state index contributed by atoms with van der Waals surface area (Å²) in [6.07, 6.45) is 5.96. The zero-order chi connectivity index (χ0) is 11.8. The summed E-state index contributed by atoms with van der Waals surface area (Å²) in [5, 5.41) is 4.27. The molecule has 5 heteroatoms. The van der Waals surface area contributed by atoms with E-state index in [0.717, 1.165) is 31.6 Å². The SMILES string of the molecule is CCCOCC(NN)c1cnn(CCC)c1. The first-order valence-electron chi connectivity index (χ1n) is 5.88. The Bertz CT molecular complexity index is 287. The number of aromatic nitrogens is 2. The molecule has 1 unspecified atom stereocenters. The van der Waals surface area contributed by atoms with Crippen molar-refractivity contribution in [1.29, 1.82) is 0 Å². The van der Waals surface area contributed by atoms with Crippen LogP contribution >= 0.6 is 0 Å². The van der Waals surface area contributed by atoms with E-state index in [1.165, 1.54) is 0 Å². The van der Waals surface area contributed by atoms with Gasteiger partial charge in [0, 0.05) is 24.9 Å². The molecule has 1 heterocycles. The summed E-state index contributed by atoms with van der Waals surface area (Å²) >= 11 is 0. The Balaban J connectivity index is 2.49. The lowest BCUT2D eigenvalue weighted by Crippen LogP contribution is -2.31. The van der Waals surface area contributed by atoms with E-state index in [2.05, 4.69) is 24.4 Å². The van der Waals surface area contributed by atoms with Crippen molar-refractivity contribution in [1.82, 2.24) is 15.2 Å². The molecule has 0 aliphatic carbocycles. The molecule has 16 heavy (non-hydrogen) atoms. The van der Waals surface area contributed by atoms with E-state index in [9.17, 15) is 0 Å². The Morgan fingerprint density at radius 3 is 2.94 bits per heavy atom. The van der Waals surface area contributed by atoms with Gasteiger partial charge in [-0.15, -0.1) is 0 Å². The lowest BCUT2D eigenvalue weighted by atomic mass is 10.2. The molecule has 0 bridgehead atoms. The molecule has 1 aromatic rings. The zero-order valence-corrected chi connectivity index (χ0v) is 10.1. The molecule has 0 radical (unpaired) electrons. The highest BCUT2D eigenvalue weighted by Gasteiger charge is 2.11. The van der Waals surface area contributed by atoms with Crippen LogP contribution in [0.25, 0.3) is 0 Å². The minimum absolute atomic E-state index is 0.0251. The molecule has 0 saturated carbocycles. The maximum atomic E-state index is 5.50. The molecule has 0 spiro atoms. The van der Waals surface area contributed by atoms with Gasteiger partial charge in [-0.3, -0.25) is 16.0 Å². The molecule has 3 N–H and O–H groups in total. The van der Waals surface area contributed by atoms with E-state index >= 15 is 0 Å². The van der Waals surface area contributed by atoms with Crippen LogP contribution in [0.2, 0.25) is 0 Å². The summed E-state index contributed by atoms with van der Waals surface area (Å²) in [5.41, 5.74) is 3.83. The van der Waals surface area contributed by atoms with Crippen molar-refractivity contribution in [2.75, 3.05) is 13.2 Å². The third-order valence-electron chi connectivity index (χ3n) is 2.34. The van der Waals surface area contributed by atoms with Crippen molar-refractivity contribution < 1.29 is 4.74 Å². The highest BCUT2D eigenvalue weighted by molar-refractivity contribution is 5.10. The van der Waals surface area contributed by atoms with Crippen LogP contribution in [0.4, 0.5) is 0 Å². The van der Waals surface area contributed by atoms with Crippen LogP contribution in [-0.4, -0.2) is 23.0 Å². The summed E-state index contributed by atoms with van der Waals surface area (Å²) < 4.78 is 7.41. The minimum Gasteiger partial charge on any atom is -0.379 e. The summed E-state index contributed by atoms with van der Waals surface area (Å²) in [6, 6.07) is 0.0251. The van der Waals surface area contributed by atoms with Gasteiger partial charge in [0.15, 0.2) is 0 Å². The number of hydrogen-bond donors (Lipinski definition) is 2. The third kappa shape index (κ3) is 3.92. The van der Waals surface area contributed by atoms with Crippen LogP contribution < -0.4 is 11.3 Å². The Morgan fingerprint density at radius 2 is 2.31 bits per heavy atom. The Labute approximate surface area is 96.9 Å². The van der Waals surface area contributed by atoms with Crippen molar-refractivity contribution in [2.24, 2.45) is 5.84 Å². The average molecular weight is 226 g/mol. The first-order valence-corrected chi connectivity index (χ1v) is 5.88. The van der Waals surface area contributed by atoms with Crippen LogP contribution in [0.5, 0.6) is 0 Å². The Hall–Kier alpha value is -0.910. The van der Waals surface area contributed by atoms with Gasteiger partial charge in [0.2, 0.25) is 0 Å². The van der Waals surface area contributed by atoms with E-state index in [0.29, 0.717) is 6.61 Å². The second-order valence-corrected chi connectivity index (χ2v) is 3.83. The van der Waals surface area contributed by atoms with Crippen LogP contribution in [0.3, 0.4) is 0 Å². The molecule has 1 rings (SSSR count). The maximum absolute atomic E-state index is 5.50. The fourth-order valence-electron chi connectivity index (χ4n) is 1.50. The van der Waals surface area contributed by atoms with Gasteiger partial charge in [0.05, 0.1) is 18.8 Å². The lowest BCUT2D eigenvalue weighted by molar-refractivity contribution is 0.112. The summed E-state index contributed by atoms with van der Waals surface area (Å²) in [6.45, 7) is 6.51. The van der Waals surface area contributed by atoms with E-state index in [-0.39, 0.29) is 6.04 Å². The van der Waals surface area contributed by atoms with Gasteiger partial charge in [-0.05, 0) is 12.8 Å². The Kier molecular flexibility index (Phi) is 6.07. The number of ether oxygens (including phenoxy) is 1. The lowest BCUT2D eigenvalue weighted by Gasteiger charge is -2.13. The largest absolute Gasteiger partial charge is 0.379 e. The normalized spacial score (nSPS) is 12.9. The monoisotopic (exact) mass is 226 g/mol. The number of rotatable bonds is 8. The summed E-state index contributed by atoms with van der Waals surface area (Å²) in [5.74, 6) is 5.50. The molecule has 0 aromatic carbocycles. The van der Waals surface area contributed by atoms with Crippen molar-refractivity contribution in [3.63, 3.8) is 0 Å². The Morgan fingerprint density at radius 1 is 1.50 bits per heavy atom. The second-order valence-electron chi connectivity index (χ2n) is 3.83. The first kappa shape index (κ1) is 13.2. The average Bonchev–Trinajstić information content (AvgIpc) is 2.74. The van der Waals surface area contributed by atoms with E-state index in [1.54, 1.807) is 0 Å². The van der Waals surface area contributed by atoms with Gasteiger partial charge >= 0.3 is 0 Å². The predicted octanol–water partition coefficient (Wildman–Crippen LogP) is 1.22. The summed E-state index contributed by atoms with van der Waals surface area (Å²) in [7, 11) is 0. The van der Waals surface area contributed by atoms with Gasteiger partial charge in [-0.2, -0.15) is 5.10 Å². The van der Waals surface area contributed by atoms with Crippen molar-refractivity contribution in [3.05, 3.63) is 18.0 Å². The van der Waals surface area contributed by atoms with E-state index < -0.39 is 0 Å². The minimum atomic E-state index is 0.0251. The molecule has 5 nitrogen and oxygen atoms in total. The van der Waals surface area contributed by atoms with Crippen LogP contribution in [0.15, 0.2) is 12.4 Å². The molecule has 1 aromatic heterocycles. The number of hydrogen-bond acceptors (Lipinski definition) is 4. The van der Waals surface area contributed by atoms with E-state index in [1.807, 2.05) is 17.1 Å². The van der Waals surface area contributed by atoms with Crippen LogP contribution in [-0.2, 0) is 11.3 Å². The van der Waals surface area contributed by atoms with Crippen molar-refractivity contribution in [2.45, 2.75) is 39.3 Å². The van der Waals surface area contributed by atoms with Crippen LogP contribution in [0, 0.1) is 0 Å². The van der Waals surface area contributed by atoms with Gasteiger partial charge < -0.3 is 4.74 Å². The molecule has 0 aliphatic rings. The molecular formula is C11H22N4O.